The van der Waals surface area contributed by atoms with E-state index in [9.17, 15) is 4.79 Å². The number of likely N-dealkylation sites (N-methyl/N-ethyl adjacent to an activating group) is 1. The first-order valence-corrected chi connectivity index (χ1v) is 10.2. The van der Waals surface area contributed by atoms with Gasteiger partial charge in [0.1, 0.15) is 0 Å². The smallest absolute Gasteiger partial charge is 0.277 e. The van der Waals surface area contributed by atoms with E-state index in [2.05, 4.69) is 27.0 Å². The first kappa shape index (κ1) is 18.3. The maximum Gasteiger partial charge on any atom is 0.277 e. The molecule has 25 heavy (non-hydrogen) atoms. The van der Waals surface area contributed by atoms with Gasteiger partial charge in [-0.3, -0.25) is 4.79 Å². The van der Waals surface area contributed by atoms with Crippen molar-refractivity contribution in [2.45, 2.75) is 37.7 Å². The van der Waals surface area contributed by atoms with Crippen molar-refractivity contribution in [2.24, 2.45) is 0 Å². The molecule has 1 unspecified atom stereocenters. The molecule has 3 heterocycles. The number of piperazine rings is 1. The van der Waals surface area contributed by atoms with Crippen LogP contribution in [0.25, 0.3) is 0 Å². The maximum atomic E-state index is 12.6. The molecule has 1 atom stereocenters. The monoisotopic (exact) mass is 381 g/mol. The lowest BCUT2D eigenvalue weighted by molar-refractivity contribution is -0.132. The Morgan fingerprint density at radius 3 is 2.76 bits per heavy atom. The summed E-state index contributed by atoms with van der Waals surface area (Å²) in [5.41, 5.74) is 0.931. The molecular weight excluding hydrogens is 358 g/mol. The Balaban J connectivity index is 1.52. The number of thioether (sulfide) groups is 1. The molecule has 1 amide bonds. The summed E-state index contributed by atoms with van der Waals surface area (Å²) in [6.07, 6.45) is 0.527. The summed E-state index contributed by atoms with van der Waals surface area (Å²) in [5, 5.41) is 11.3. The van der Waals surface area contributed by atoms with Gasteiger partial charge in [0, 0.05) is 31.6 Å². The fourth-order valence-corrected chi connectivity index (χ4v) is 4.14. The van der Waals surface area contributed by atoms with Crippen LogP contribution in [0.4, 0.5) is 0 Å². The third-order valence-corrected chi connectivity index (χ3v) is 5.95. The Labute approximate surface area is 155 Å². The zero-order valence-corrected chi connectivity index (χ0v) is 16.4. The van der Waals surface area contributed by atoms with E-state index in [1.54, 1.807) is 11.3 Å². The minimum Gasteiger partial charge on any atom is -0.416 e. The molecule has 3 rings (SSSR count). The molecule has 2 aromatic heterocycles. The molecule has 1 fully saturated rings. The lowest BCUT2D eigenvalue weighted by Crippen LogP contribution is -2.50. The normalized spacial score (nSPS) is 17.0. The van der Waals surface area contributed by atoms with Crippen LogP contribution in [0.3, 0.4) is 0 Å². The van der Waals surface area contributed by atoms with Crippen LogP contribution < -0.4 is 0 Å². The highest BCUT2D eigenvalue weighted by atomic mass is 32.2. The number of nitrogens with zero attached hydrogens (tertiary/aromatic N) is 5. The second kappa shape index (κ2) is 8.29. The van der Waals surface area contributed by atoms with Gasteiger partial charge in [0.15, 0.2) is 0 Å². The molecule has 7 nitrogen and oxygen atoms in total. The first-order chi connectivity index (χ1) is 12.0. The van der Waals surface area contributed by atoms with Crippen molar-refractivity contribution in [3.05, 3.63) is 22.0 Å². The molecule has 1 aliphatic rings. The Morgan fingerprint density at radius 2 is 2.12 bits per heavy atom. The van der Waals surface area contributed by atoms with Crippen molar-refractivity contribution in [1.82, 2.24) is 25.0 Å². The number of thiazole rings is 1. The number of aryl methyl sites for hydroxylation is 1. The molecular formula is C16H23N5O2S2. The average molecular weight is 382 g/mol. The quantitative estimate of drug-likeness (QED) is 0.709. The Morgan fingerprint density at radius 1 is 1.36 bits per heavy atom. The van der Waals surface area contributed by atoms with Gasteiger partial charge in [-0.25, -0.2) is 4.98 Å². The van der Waals surface area contributed by atoms with Crippen molar-refractivity contribution >= 4 is 29.0 Å². The van der Waals surface area contributed by atoms with Gasteiger partial charge >= 0.3 is 0 Å². The maximum absolute atomic E-state index is 12.6. The van der Waals surface area contributed by atoms with E-state index in [1.165, 1.54) is 11.8 Å². The van der Waals surface area contributed by atoms with E-state index in [0.29, 0.717) is 17.5 Å². The number of aromatic nitrogens is 3. The third kappa shape index (κ3) is 4.80. The first-order valence-electron chi connectivity index (χ1n) is 8.46. The second-order valence-corrected chi connectivity index (χ2v) is 8.37. The van der Waals surface area contributed by atoms with Crippen LogP contribution in [0.15, 0.2) is 15.0 Å². The third-order valence-electron chi connectivity index (χ3n) is 4.20. The van der Waals surface area contributed by atoms with E-state index in [1.807, 2.05) is 24.1 Å². The molecule has 0 saturated carbocycles. The lowest BCUT2D eigenvalue weighted by atomic mass is 10.3. The number of carbonyl (C=O) groups is 1. The summed E-state index contributed by atoms with van der Waals surface area (Å²) in [4.78, 5) is 21.3. The highest BCUT2D eigenvalue weighted by Gasteiger charge is 2.26. The van der Waals surface area contributed by atoms with E-state index in [0.717, 1.165) is 43.4 Å². The van der Waals surface area contributed by atoms with Crippen LogP contribution >= 0.6 is 23.1 Å². The van der Waals surface area contributed by atoms with Gasteiger partial charge in [-0.15, -0.1) is 21.5 Å². The SMILES string of the molecule is CCN1CCN(C(=O)C(C)Sc2nnc(Cc3csc(C)n3)o2)CC1. The van der Waals surface area contributed by atoms with Gasteiger partial charge in [0.2, 0.25) is 11.8 Å². The molecule has 0 radical (unpaired) electrons. The molecule has 9 heteroatoms. The van der Waals surface area contributed by atoms with Crippen LogP contribution in [-0.2, 0) is 11.2 Å². The summed E-state index contributed by atoms with van der Waals surface area (Å²) in [7, 11) is 0. The number of hydrogen-bond acceptors (Lipinski definition) is 8. The largest absolute Gasteiger partial charge is 0.416 e. The predicted molar refractivity (Wildman–Crippen MR) is 98.0 cm³/mol. The molecule has 0 aromatic carbocycles. The highest BCUT2D eigenvalue weighted by Crippen LogP contribution is 2.24. The minimum atomic E-state index is -0.233. The van der Waals surface area contributed by atoms with Gasteiger partial charge in [0.05, 0.1) is 22.4 Å². The van der Waals surface area contributed by atoms with E-state index in [-0.39, 0.29) is 11.2 Å². The Bertz CT molecular complexity index is 709. The van der Waals surface area contributed by atoms with Gasteiger partial charge in [-0.2, -0.15) is 0 Å². The van der Waals surface area contributed by atoms with Crippen LogP contribution in [0.2, 0.25) is 0 Å². The number of carbonyl (C=O) groups excluding carboxylic acids is 1. The molecule has 0 aliphatic carbocycles. The van der Waals surface area contributed by atoms with Crippen molar-refractivity contribution < 1.29 is 9.21 Å². The molecule has 0 bridgehead atoms. The van der Waals surface area contributed by atoms with Gasteiger partial charge in [-0.1, -0.05) is 18.7 Å². The standard InChI is InChI=1S/C16H23N5O2S2/c1-4-20-5-7-21(8-6-20)15(22)11(2)25-16-19-18-14(23-16)9-13-10-24-12(3)17-13/h10-11H,4-9H2,1-3H3. The van der Waals surface area contributed by atoms with Crippen LogP contribution in [-0.4, -0.2) is 68.9 Å². The van der Waals surface area contributed by atoms with E-state index >= 15 is 0 Å². The average Bonchev–Trinajstić information content (AvgIpc) is 3.23. The summed E-state index contributed by atoms with van der Waals surface area (Å²) >= 11 is 2.93. The Kier molecular flexibility index (Phi) is 6.08. The molecule has 1 aliphatic heterocycles. The molecule has 2 aromatic rings. The number of hydrogen-bond donors (Lipinski definition) is 0. The summed E-state index contributed by atoms with van der Waals surface area (Å²) in [6, 6.07) is 0. The minimum absolute atomic E-state index is 0.135. The lowest BCUT2D eigenvalue weighted by Gasteiger charge is -2.35. The summed E-state index contributed by atoms with van der Waals surface area (Å²) in [5.74, 6) is 0.666. The van der Waals surface area contributed by atoms with Gasteiger partial charge in [-0.05, 0) is 20.4 Å². The van der Waals surface area contributed by atoms with E-state index in [4.69, 9.17) is 4.42 Å². The number of amides is 1. The summed E-state index contributed by atoms with van der Waals surface area (Å²) < 4.78 is 5.67. The predicted octanol–water partition coefficient (Wildman–Crippen LogP) is 2.07. The summed E-state index contributed by atoms with van der Waals surface area (Å²) in [6.45, 7) is 10.5. The zero-order valence-electron chi connectivity index (χ0n) is 14.8. The fraction of sp³-hybridized carbons (Fsp3) is 0.625. The van der Waals surface area contributed by atoms with Crippen LogP contribution in [0.5, 0.6) is 0 Å². The second-order valence-electron chi connectivity index (χ2n) is 6.02. The van der Waals surface area contributed by atoms with Crippen LogP contribution in [0.1, 0.15) is 30.4 Å². The van der Waals surface area contributed by atoms with Crippen molar-refractivity contribution in [3.63, 3.8) is 0 Å². The topological polar surface area (TPSA) is 75.4 Å². The molecule has 136 valence electrons. The van der Waals surface area contributed by atoms with Crippen molar-refractivity contribution in [2.75, 3.05) is 32.7 Å². The fourth-order valence-electron chi connectivity index (χ4n) is 2.74. The highest BCUT2D eigenvalue weighted by molar-refractivity contribution is 8.00. The van der Waals surface area contributed by atoms with Crippen molar-refractivity contribution in [3.8, 4) is 0 Å². The van der Waals surface area contributed by atoms with Gasteiger partial charge in [0.25, 0.3) is 5.22 Å². The molecule has 0 N–H and O–H groups in total. The number of rotatable bonds is 6. The van der Waals surface area contributed by atoms with Crippen LogP contribution in [0, 0.1) is 6.92 Å². The van der Waals surface area contributed by atoms with Crippen molar-refractivity contribution in [1.29, 1.82) is 0 Å². The zero-order chi connectivity index (χ0) is 17.8. The molecule has 1 saturated heterocycles. The van der Waals surface area contributed by atoms with Gasteiger partial charge < -0.3 is 14.2 Å². The van der Waals surface area contributed by atoms with E-state index < -0.39 is 0 Å². The Hall–Kier alpha value is -1.45. The molecule has 0 spiro atoms.